The molecule has 0 spiro atoms. The Morgan fingerprint density at radius 3 is 1.14 bits per heavy atom. The molecule has 584 valence electrons. The minimum absolute atomic E-state index is 0. The van der Waals surface area contributed by atoms with Crippen molar-refractivity contribution in [2.45, 2.75) is 32.4 Å². The maximum absolute atomic E-state index is 13.2. The van der Waals surface area contributed by atoms with Gasteiger partial charge in [0.25, 0.3) is 23.6 Å². The molecule has 6 heterocycles. The Balaban J connectivity index is 0.000000159. The molecule has 0 fully saturated rings. The van der Waals surface area contributed by atoms with Crippen LogP contribution >= 0.6 is 50.8 Å². The molecule has 4 amide bonds. The zero-order chi connectivity index (χ0) is 80.0. The van der Waals surface area contributed by atoms with E-state index >= 15 is 0 Å². The molecule has 26 heteroatoms. The van der Waals surface area contributed by atoms with E-state index in [4.69, 9.17) is 35.0 Å². The molecule has 10 aromatic carbocycles. The number of H-pyrrole nitrogens is 2. The predicted molar refractivity (Wildman–Crippen MR) is 461 cm³/mol. The van der Waals surface area contributed by atoms with E-state index in [0.717, 1.165) is 32.3 Å². The molecule has 0 aliphatic carbocycles. The van der Waals surface area contributed by atoms with Crippen molar-refractivity contribution in [3.05, 3.63) is 359 Å². The second-order valence-corrected chi connectivity index (χ2v) is 32.9. The van der Waals surface area contributed by atoms with Crippen LogP contribution in [0.3, 0.4) is 0 Å². The van der Waals surface area contributed by atoms with Crippen molar-refractivity contribution in [1.82, 2.24) is 60.6 Å². The number of benzene rings is 10. The zero-order valence-electron chi connectivity index (χ0n) is 62.2. The summed E-state index contributed by atoms with van der Waals surface area (Å²) in [6.07, 6.45) is 13.0. The summed E-state index contributed by atoms with van der Waals surface area (Å²) < 4.78 is 15.8. The molecular formula is C89H81BrCl2N14O6P2Pd. The van der Waals surface area contributed by atoms with E-state index in [9.17, 15) is 19.2 Å². The number of aryl methyl sites for hydroxylation is 2. The molecule has 14 aromatic rings. The van der Waals surface area contributed by atoms with Crippen LogP contribution in [0, 0.1) is 24.2 Å². The molecule has 0 radical (unpaired) electrons. The minimum atomic E-state index is -0.907. The van der Waals surface area contributed by atoms with Crippen molar-refractivity contribution < 1.29 is 44.6 Å². The third-order valence-corrected chi connectivity index (χ3v) is 22.6. The van der Waals surface area contributed by atoms with Gasteiger partial charge < -0.3 is 29.9 Å². The molecule has 0 saturated carbocycles. The van der Waals surface area contributed by atoms with Gasteiger partial charge in [-0.15, -0.1) is 16.6 Å². The van der Waals surface area contributed by atoms with Gasteiger partial charge in [-0.2, -0.15) is 10.2 Å². The summed E-state index contributed by atoms with van der Waals surface area (Å²) >= 11 is 3.29. The van der Waals surface area contributed by atoms with Crippen molar-refractivity contribution in [3.63, 3.8) is 0 Å². The fraction of sp³-hybridized carbons (Fsp3) is 0.124. The van der Waals surface area contributed by atoms with E-state index in [1.807, 2.05) is 93.1 Å². The maximum atomic E-state index is 13.2. The summed E-state index contributed by atoms with van der Waals surface area (Å²) in [4.78, 5) is 62.8. The molecular weight excluding hydrogens is 1680 g/mol. The smallest absolute Gasteiger partial charge is 0.0134 e. The summed E-state index contributed by atoms with van der Waals surface area (Å²) in [6.45, 7) is -0.00520. The summed E-state index contributed by atoms with van der Waals surface area (Å²) in [5.41, 5.74) is 5.62. The Morgan fingerprint density at radius 2 is 0.809 bits per heavy atom. The van der Waals surface area contributed by atoms with Crippen LogP contribution in [0.2, 0.25) is 0 Å². The van der Waals surface area contributed by atoms with Crippen LogP contribution in [0.25, 0.3) is 0 Å². The van der Waals surface area contributed by atoms with E-state index in [1.165, 1.54) is 41.6 Å². The number of ether oxygens (including phenoxy) is 2. The normalized spacial score (nSPS) is 12.9. The van der Waals surface area contributed by atoms with Crippen LogP contribution < -0.4 is 61.7 Å². The molecule has 4 N–H and O–H groups in total. The van der Waals surface area contributed by atoms with Crippen molar-refractivity contribution in [2.24, 2.45) is 14.1 Å². The molecule has 0 saturated heterocycles. The number of nitrogens with one attached hydrogen (secondary N) is 4. The van der Waals surface area contributed by atoms with Crippen molar-refractivity contribution in [1.29, 1.82) is 0 Å². The van der Waals surface area contributed by atoms with Gasteiger partial charge in [0.15, 0.2) is 0 Å². The Labute approximate surface area is 696 Å². The van der Waals surface area contributed by atoms with Gasteiger partial charge >= 0.3 is 35.0 Å². The van der Waals surface area contributed by atoms with Crippen molar-refractivity contribution in [3.8, 4) is 35.7 Å². The Kier molecular flexibility index (Phi) is 32.7. The topological polar surface area (TPSA) is 236 Å². The number of aromatic nitrogens is 10. The number of aromatic amines is 2. The first-order chi connectivity index (χ1) is 55.6. The number of carbonyl (C=O) groups excluding carboxylic acids is 4. The maximum Gasteiger partial charge on any atom is -0.0134 e. The fourth-order valence-corrected chi connectivity index (χ4v) is 16.7. The van der Waals surface area contributed by atoms with Gasteiger partial charge in [-0.25, -0.2) is 9.97 Å². The number of carbonyl (C=O) groups is 4. The first-order valence-electron chi connectivity index (χ1n) is 35.6. The molecule has 2 aliphatic heterocycles. The van der Waals surface area contributed by atoms with Crippen LogP contribution in [-0.2, 0) is 52.5 Å². The third-order valence-electron chi connectivity index (χ3n) is 17.2. The van der Waals surface area contributed by atoms with Gasteiger partial charge in [0.1, 0.15) is 48.4 Å². The van der Waals surface area contributed by atoms with E-state index in [2.05, 4.69) is 267 Å². The number of hydrogen-bond acceptors (Lipinski definition) is 12. The average molecular weight is 1760 g/mol. The molecule has 0 unspecified atom stereocenters. The van der Waals surface area contributed by atoms with Gasteiger partial charge in [0.05, 0.1) is 34.9 Å². The van der Waals surface area contributed by atoms with Crippen LogP contribution in [0.4, 0.5) is 11.4 Å². The Morgan fingerprint density at radius 1 is 0.487 bits per heavy atom. The first-order valence-corrected chi connectivity index (χ1v) is 43.0. The average Bonchev–Trinajstić information content (AvgIpc) is 1.75. The first kappa shape index (κ1) is 85.5. The number of likely N-dealkylation sites (N-methyl/N-ethyl adjacent to an activating group) is 2. The largest absolute Gasteiger partial charge is 0.0622 e. The quantitative estimate of drug-likeness (QED) is 0.0452. The van der Waals surface area contributed by atoms with Gasteiger partial charge in [0.2, 0.25) is 11.6 Å². The summed E-state index contributed by atoms with van der Waals surface area (Å²) in [5, 5.41) is 35.3. The number of amides is 4. The number of anilines is 2. The number of nitrogens with zero attached hydrogens (tertiary/aromatic N) is 10. The summed E-state index contributed by atoms with van der Waals surface area (Å²) in [5.74, 6) is 9.06. The van der Waals surface area contributed by atoms with Gasteiger partial charge in [0, 0.05) is 63.5 Å². The van der Waals surface area contributed by atoms with E-state index in [1.54, 1.807) is 66.3 Å². The predicted octanol–water partition coefficient (Wildman–Crippen LogP) is 13.3. The van der Waals surface area contributed by atoms with Crippen LogP contribution in [-0.4, -0.2) is 113 Å². The summed E-state index contributed by atoms with van der Waals surface area (Å²) in [6, 6.07) is 93.1. The fourth-order valence-electron chi connectivity index (χ4n) is 11.7. The molecule has 0 bridgehead atoms. The Bertz CT molecular complexity index is 5230. The van der Waals surface area contributed by atoms with Gasteiger partial charge in [-0.05, 0) is 95.2 Å². The molecule has 20 nitrogen and oxygen atoms in total. The number of terminal acetylenes is 1. The molecule has 115 heavy (non-hydrogen) atoms. The van der Waals surface area contributed by atoms with Crippen LogP contribution in [0.15, 0.2) is 308 Å². The number of rotatable bonds is 14. The van der Waals surface area contributed by atoms with Crippen LogP contribution in [0.5, 0.6) is 11.5 Å². The second-order valence-electron chi connectivity index (χ2n) is 25.2. The SMILES string of the molecule is C.C#Cc1cnn(C)c1.CN1C(=O)[C@@H](NC(=O)c2n[nH]c(Cc3ccccc3)n2)COc2ccc(Br)cc21.CN1C(=O)[C@@H](NC(=O)c2n[nH]c(Cc3ccccc3)n2)COc2ccc(C#Cc3cnn(C)c3)cc21.[Cl][Pd][Cl].c1ccc(P(c2ccccc2)c2ccccc2)cc1.c1ccc(P(c2ccccc2)c2ccccc2)cc1. The molecule has 4 aromatic heterocycles. The molecule has 2 atom stereocenters. The van der Waals surface area contributed by atoms with E-state index in [0.29, 0.717) is 47.4 Å². The monoisotopic (exact) mass is 1760 g/mol. The second kappa shape index (κ2) is 43.9. The van der Waals surface area contributed by atoms with E-state index in [-0.39, 0.29) is 60.0 Å². The Hall–Kier alpha value is -11.9. The van der Waals surface area contributed by atoms with Crippen molar-refractivity contribution in [2.75, 3.05) is 37.1 Å². The zero-order valence-corrected chi connectivity index (χ0v) is 68.6. The number of halogens is 3. The molecule has 2 aliphatic rings. The number of hydrogen-bond donors (Lipinski definition) is 4. The number of fused-ring (bicyclic) bond motifs is 2. The minimum Gasteiger partial charge on any atom is -0.0622 e. The van der Waals surface area contributed by atoms with Gasteiger partial charge in [-0.1, -0.05) is 284 Å². The van der Waals surface area contributed by atoms with E-state index < -0.39 is 39.7 Å². The standard InChI is InChI=1S/C26H23N7O3.C20H18BrN5O3.2C18H15P.C6H6N2.CH4.2ClH.Pd/c1-32-15-19(14-27-32)9-8-18-10-11-22-21(12-18)33(2)26(35)20(16-36-22)28-25(34)24-29-23(30-31-24)13-17-6-4-3-5-7-17;1-26-15-10-13(21)7-8-16(15)29-11-14(20(26)28)22-19(27)18-23-17(24-25-18)9-12-5-3-2-4-6-12;2*1-4-10-16(11-5-1)19(17-12-6-2-7-13-17)18-14-8-3-9-15-18;1-3-6-4-7-8(2)5-6;;;;/h3-7,10-12,14-15,20H,13,16H2,1-2H3,(H,28,34)(H,29,30,31);2-8,10,14H,9,11H2,1H3,(H,22,27)(H,23,24,25);2*1-15H;1,4-5H,2H3;1H4;2*1H;/q;;;;;;;;+2/p-2/t20-;14-;;;;;;;/m00......./s1. The van der Waals surface area contributed by atoms with Crippen molar-refractivity contribution >= 4 is 118 Å². The summed E-state index contributed by atoms with van der Waals surface area (Å²) in [7, 11) is 15.7. The third kappa shape index (κ3) is 24.8. The van der Waals surface area contributed by atoms with Gasteiger partial charge in [-0.3, -0.25) is 38.7 Å². The van der Waals surface area contributed by atoms with Crippen LogP contribution in [0.1, 0.15) is 68.1 Å². The molecule has 16 rings (SSSR count).